The first-order valence-electron chi connectivity index (χ1n) is 3.99. The Morgan fingerprint density at radius 2 is 1.82 bits per heavy atom. The fourth-order valence-electron chi connectivity index (χ4n) is 1.47. The van der Waals surface area contributed by atoms with Crippen LogP contribution in [0.1, 0.15) is 0 Å². The van der Waals surface area contributed by atoms with Crippen LogP contribution in [0.2, 0.25) is 0 Å². The molecule has 0 radical (unpaired) electrons. The van der Waals surface area contributed by atoms with E-state index in [1.54, 1.807) is 0 Å². The van der Waals surface area contributed by atoms with Gasteiger partial charge in [0.05, 0.1) is 0 Å². The molecule has 2 nitrogen and oxygen atoms in total. The molecule has 0 saturated carbocycles. The second kappa shape index (κ2) is 4.55. The Labute approximate surface area is 78.5 Å². The predicted octanol–water partition coefficient (Wildman–Crippen LogP) is 0.429. The summed E-state index contributed by atoms with van der Waals surface area (Å²) in [6.45, 7) is 5.09. The van der Waals surface area contributed by atoms with E-state index in [1.165, 1.54) is 37.7 Å². The SMILES string of the molecule is C1CN(C2CNC2)CCS1.Cl. The van der Waals surface area contributed by atoms with Gasteiger partial charge in [0, 0.05) is 43.7 Å². The lowest BCUT2D eigenvalue weighted by Gasteiger charge is -2.40. The highest BCUT2D eigenvalue weighted by Crippen LogP contribution is 2.13. The molecule has 0 bridgehead atoms. The van der Waals surface area contributed by atoms with Crippen LogP contribution >= 0.6 is 24.2 Å². The number of nitrogens with zero attached hydrogens (tertiary/aromatic N) is 1. The molecule has 2 aliphatic heterocycles. The highest BCUT2D eigenvalue weighted by molar-refractivity contribution is 7.99. The van der Waals surface area contributed by atoms with Gasteiger partial charge in [-0.05, 0) is 0 Å². The molecule has 1 N–H and O–H groups in total. The molecule has 11 heavy (non-hydrogen) atoms. The van der Waals surface area contributed by atoms with E-state index >= 15 is 0 Å². The Bertz CT molecular complexity index is 113. The maximum atomic E-state index is 3.31. The van der Waals surface area contributed by atoms with Gasteiger partial charge in [0.25, 0.3) is 0 Å². The van der Waals surface area contributed by atoms with Crippen LogP contribution in [-0.4, -0.2) is 48.6 Å². The number of nitrogens with one attached hydrogen (secondary N) is 1. The highest BCUT2D eigenvalue weighted by Gasteiger charge is 2.25. The average molecular weight is 195 g/mol. The molecule has 0 amide bonds. The van der Waals surface area contributed by atoms with Gasteiger partial charge in [-0.3, -0.25) is 4.90 Å². The monoisotopic (exact) mass is 194 g/mol. The molecule has 66 valence electrons. The summed E-state index contributed by atoms with van der Waals surface area (Å²) >= 11 is 2.09. The fourth-order valence-corrected chi connectivity index (χ4v) is 2.41. The largest absolute Gasteiger partial charge is 0.314 e. The van der Waals surface area contributed by atoms with Crippen molar-refractivity contribution < 1.29 is 0 Å². The lowest BCUT2D eigenvalue weighted by Crippen LogP contribution is -2.58. The van der Waals surface area contributed by atoms with Crippen LogP contribution in [-0.2, 0) is 0 Å². The molecular formula is C7H15ClN2S. The molecule has 2 heterocycles. The number of hydrogen-bond acceptors (Lipinski definition) is 3. The third-order valence-corrected chi connectivity index (χ3v) is 3.26. The van der Waals surface area contributed by atoms with E-state index in [0.29, 0.717) is 0 Å². The Balaban J connectivity index is 0.000000605. The Morgan fingerprint density at radius 1 is 1.18 bits per heavy atom. The topological polar surface area (TPSA) is 15.3 Å². The van der Waals surface area contributed by atoms with Crippen LogP contribution in [0.25, 0.3) is 0 Å². The molecule has 2 fully saturated rings. The summed E-state index contributed by atoms with van der Waals surface area (Å²) in [5.41, 5.74) is 0. The molecule has 0 aromatic carbocycles. The van der Waals surface area contributed by atoms with Gasteiger partial charge in [-0.1, -0.05) is 0 Å². The van der Waals surface area contributed by atoms with Crippen molar-refractivity contribution in [1.29, 1.82) is 0 Å². The van der Waals surface area contributed by atoms with Gasteiger partial charge in [-0.2, -0.15) is 11.8 Å². The maximum Gasteiger partial charge on any atom is 0.0346 e. The van der Waals surface area contributed by atoms with E-state index in [4.69, 9.17) is 0 Å². The molecule has 2 rings (SSSR count). The zero-order valence-electron chi connectivity index (χ0n) is 6.58. The lowest BCUT2D eigenvalue weighted by atomic mass is 10.1. The number of halogens is 1. The van der Waals surface area contributed by atoms with Crippen molar-refractivity contribution in [3.05, 3.63) is 0 Å². The van der Waals surface area contributed by atoms with Gasteiger partial charge in [0.1, 0.15) is 0 Å². The van der Waals surface area contributed by atoms with Crippen molar-refractivity contribution in [2.45, 2.75) is 6.04 Å². The smallest absolute Gasteiger partial charge is 0.0346 e. The molecule has 4 heteroatoms. The van der Waals surface area contributed by atoms with E-state index in [0.717, 1.165) is 6.04 Å². The first-order chi connectivity index (χ1) is 4.97. The molecule has 0 aromatic rings. The summed E-state index contributed by atoms with van der Waals surface area (Å²) in [5.74, 6) is 2.69. The van der Waals surface area contributed by atoms with E-state index in [2.05, 4.69) is 22.0 Å². The Hall–Kier alpha value is 0.560. The van der Waals surface area contributed by atoms with E-state index in [-0.39, 0.29) is 12.4 Å². The summed E-state index contributed by atoms with van der Waals surface area (Å²) in [6.07, 6.45) is 0. The van der Waals surface area contributed by atoms with Crippen LogP contribution in [0, 0.1) is 0 Å². The maximum absolute atomic E-state index is 3.31. The highest BCUT2D eigenvalue weighted by atomic mass is 35.5. The molecule has 0 spiro atoms. The van der Waals surface area contributed by atoms with Crippen LogP contribution < -0.4 is 5.32 Å². The fraction of sp³-hybridized carbons (Fsp3) is 1.00. The Morgan fingerprint density at radius 3 is 2.27 bits per heavy atom. The van der Waals surface area contributed by atoms with Gasteiger partial charge in [0.15, 0.2) is 0 Å². The summed E-state index contributed by atoms with van der Waals surface area (Å²) in [4.78, 5) is 2.62. The summed E-state index contributed by atoms with van der Waals surface area (Å²) in [6, 6.07) is 0.876. The van der Waals surface area contributed by atoms with Crippen molar-refractivity contribution in [3.63, 3.8) is 0 Å². The zero-order chi connectivity index (χ0) is 6.81. The standard InChI is InChI=1S/C7H14N2S.ClH/c1-3-10-4-2-9(1)7-5-8-6-7;/h7-8H,1-6H2;1H. The molecule has 2 aliphatic rings. The third kappa shape index (κ3) is 2.25. The minimum absolute atomic E-state index is 0. The second-order valence-electron chi connectivity index (χ2n) is 2.96. The third-order valence-electron chi connectivity index (χ3n) is 2.32. The predicted molar refractivity (Wildman–Crippen MR) is 52.8 cm³/mol. The van der Waals surface area contributed by atoms with Gasteiger partial charge >= 0.3 is 0 Å². The second-order valence-corrected chi connectivity index (χ2v) is 4.19. The van der Waals surface area contributed by atoms with E-state index in [1.807, 2.05) is 0 Å². The lowest BCUT2D eigenvalue weighted by molar-refractivity contribution is 0.160. The minimum atomic E-state index is 0. The number of hydrogen-bond donors (Lipinski definition) is 1. The van der Waals surface area contributed by atoms with Crippen LogP contribution in [0.3, 0.4) is 0 Å². The normalized spacial score (nSPS) is 27.3. The van der Waals surface area contributed by atoms with Crippen molar-refractivity contribution >= 4 is 24.2 Å². The average Bonchev–Trinajstić information content (AvgIpc) is 1.86. The zero-order valence-corrected chi connectivity index (χ0v) is 8.22. The quantitative estimate of drug-likeness (QED) is 0.652. The first kappa shape index (κ1) is 9.65. The molecular weight excluding hydrogens is 180 g/mol. The van der Waals surface area contributed by atoms with Crippen LogP contribution in [0.5, 0.6) is 0 Å². The van der Waals surface area contributed by atoms with Gasteiger partial charge in [-0.15, -0.1) is 12.4 Å². The molecule has 0 aliphatic carbocycles. The van der Waals surface area contributed by atoms with Crippen LogP contribution in [0.15, 0.2) is 0 Å². The van der Waals surface area contributed by atoms with Gasteiger partial charge < -0.3 is 5.32 Å². The molecule has 2 saturated heterocycles. The van der Waals surface area contributed by atoms with E-state index < -0.39 is 0 Å². The number of rotatable bonds is 1. The minimum Gasteiger partial charge on any atom is -0.314 e. The summed E-state index contributed by atoms with van der Waals surface area (Å²) < 4.78 is 0. The molecule has 0 atom stereocenters. The molecule has 0 unspecified atom stereocenters. The summed E-state index contributed by atoms with van der Waals surface area (Å²) in [7, 11) is 0. The Kier molecular flexibility index (Phi) is 3.99. The number of thioether (sulfide) groups is 1. The van der Waals surface area contributed by atoms with Crippen molar-refractivity contribution in [2.24, 2.45) is 0 Å². The van der Waals surface area contributed by atoms with E-state index in [9.17, 15) is 0 Å². The van der Waals surface area contributed by atoms with Crippen molar-refractivity contribution in [2.75, 3.05) is 37.7 Å². The first-order valence-corrected chi connectivity index (χ1v) is 5.15. The van der Waals surface area contributed by atoms with Gasteiger partial charge in [0.2, 0.25) is 0 Å². The van der Waals surface area contributed by atoms with Gasteiger partial charge in [-0.25, -0.2) is 0 Å². The molecule has 0 aromatic heterocycles. The van der Waals surface area contributed by atoms with Crippen molar-refractivity contribution in [1.82, 2.24) is 10.2 Å². The van der Waals surface area contributed by atoms with Crippen molar-refractivity contribution in [3.8, 4) is 0 Å². The van der Waals surface area contributed by atoms with Crippen LogP contribution in [0.4, 0.5) is 0 Å². The summed E-state index contributed by atoms with van der Waals surface area (Å²) in [5, 5.41) is 3.31.